The Balaban J connectivity index is 1.19. The monoisotopic (exact) mass is 450 g/mol. The molecule has 1 aromatic carbocycles. The number of ether oxygens (including phenoxy) is 1. The van der Waals surface area contributed by atoms with Gasteiger partial charge >= 0.3 is 5.69 Å². The lowest BCUT2D eigenvalue weighted by molar-refractivity contribution is 0.0557. The van der Waals surface area contributed by atoms with E-state index in [1.807, 2.05) is 34.6 Å². The number of nitrogens with one attached hydrogen (secondary N) is 1. The van der Waals surface area contributed by atoms with Gasteiger partial charge in [0.05, 0.1) is 23.2 Å². The first-order chi connectivity index (χ1) is 16.1. The SMILES string of the molecule is CCOc1ccc2c(c1)[nH]c(=O)n2C1CCN(C2CCN(C(=O)c3cncnc3)CC2)CC1. The van der Waals surface area contributed by atoms with E-state index in [0.29, 0.717) is 18.2 Å². The fraction of sp³-hybridized carbons (Fsp3) is 0.500. The van der Waals surface area contributed by atoms with Crippen LogP contribution in [-0.2, 0) is 0 Å². The molecule has 2 saturated heterocycles. The summed E-state index contributed by atoms with van der Waals surface area (Å²) in [5, 5.41) is 0. The highest BCUT2D eigenvalue weighted by Crippen LogP contribution is 2.29. The first kappa shape index (κ1) is 21.6. The molecule has 0 atom stereocenters. The summed E-state index contributed by atoms with van der Waals surface area (Å²) in [6.07, 6.45) is 8.43. The van der Waals surface area contributed by atoms with Crippen LogP contribution in [0.2, 0.25) is 0 Å². The summed E-state index contributed by atoms with van der Waals surface area (Å²) in [7, 11) is 0. The molecule has 1 amide bonds. The quantitative estimate of drug-likeness (QED) is 0.642. The first-order valence-electron chi connectivity index (χ1n) is 11.8. The second kappa shape index (κ2) is 9.35. The number of carbonyl (C=O) groups is 1. The number of fused-ring (bicyclic) bond motifs is 1. The van der Waals surface area contributed by atoms with Gasteiger partial charge in [0.15, 0.2) is 0 Å². The minimum atomic E-state index is -0.0474. The second-order valence-electron chi connectivity index (χ2n) is 8.83. The minimum absolute atomic E-state index is 0.0129. The van der Waals surface area contributed by atoms with Crippen LogP contribution in [0.1, 0.15) is 49.0 Å². The molecule has 0 radical (unpaired) electrons. The molecule has 2 aliphatic rings. The van der Waals surface area contributed by atoms with Gasteiger partial charge in [0.2, 0.25) is 0 Å². The predicted octanol–water partition coefficient (Wildman–Crippen LogP) is 2.46. The molecule has 5 rings (SSSR count). The van der Waals surface area contributed by atoms with Crippen molar-refractivity contribution in [2.24, 2.45) is 0 Å². The first-order valence-corrected chi connectivity index (χ1v) is 11.8. The van der Waals surface area contributed by atoms with Crippen LogP contribution in [0.25, 0.3) is 11.0 Å². The fourth-order valence-electron chi connectivity index (χ4n) is 5.26. The zero-order valence-electron chi connectivity index (χ0n) is 18.9. The van der Waals surface area contributed by atoms with E-state index in [4.69, 9.17) is 4.74 Å². The minimum Gasteiger partial charge on any atom is -0.494 e. The third kappa shape index (κ3) is 4.37. The molecule has 3 aromatic rings. The van der Waals surface area contributed by atoms with Gasteiger partial charge in [-0.15, -0.1) is 0 Å². The van der Waals surface area contributed by atoms with Crippen LogP contribution in [0.4, 0.5) is 0 Å². The molecule has 0 unspecified atom stereocenters. The van der Waals surface area contributed by atoms with Crippen molar-refractivity contribution in [1.82, 2.24) is 29.3 Å². The molecule has 9 heteroatoms. The molecule has 0 saturated carbocycles. The van der Waals surface area contributed by atoms with Gasteiger partial charge in [-0.05, 0) is 44.7 Å². The van der Waals surface area contributed by atoms with Crippen LogP contribution in [0.15, 0.2) is 41.7 Å². The Morgan fingerprint density at radius 3 is 2.45 bits per heavy atom. The van der Waals surface area contributed by atoms with Crippen molar-refractivity contribution in [3.8, 4) is 5.75 Å². The number of aromatic nitrogens is 4. The number of piperidine rings is 2. The van der Waals surface area contributed by atoms with E-state index in [1.165, 1.54) is 6.33 Å². The lowest BCUT2D eigenvalue weighted by Gasteiger charge is -2.42. The number of nitrogens with zero attached hydrogens (tertiary/aromatic N) is 5. The summed E-state index contributed by atoms with van der Waals surface area (Å²) >= 11 is 0. The van der Waals surface area contributed by atoms with Gasteiger partial charge in [-0.1, -0.05) is 0 Å². The van der Waals surface area contributed by atoms with Crippen molar-refractivity contribution in [1.29, 1.82) is 0 Å². The molecule has 1 N–H and O–H groups in total. The molecule has 2 aromatic heterocycles. The molecule has 0 bridgehead atoms. The van der Waals surface area contributed by atoms with Crippen LogP contribution in [0.5, 0.6) is 5.75 Å². The van der Waals surface area contributed by atoms with E-state index in [9.17, 15) is 9.59 Å². The van der Waals surface area contributed by atoms with Crippen LogP contribution < -0.4 is 10.4 Å². The van der Waals surface area contributed by atoms with Gasteiger partial charge in [0, 0.05) is 56.7 Å². The number of hydrogen-bond acceptors (Lipinski definition) is 6. The molecule has 0 aliphatic carbocycles. The lowest BCUT2D eigenvalue weighted by atomic mass is 9.97. The van der Waals surface area contributed by atoms with Crippen molar-refractivity contribution >= 4 is 16.9 Å². The van der Waals surface area contributed by atoms with Crippen molar-refractivity contribution in [2.45, 2.75) is 44.7 Å². The summed E-state index contributed by atoms with van der Waals surface area (Å²) in [6.45, 7) is 5.98. The Kier molecular flexibility index (Phi) is 6.13. The van der Waals surface area contributed by atoms with Gasteiger partial charge in [-0.2, -0.15) is 0 Å². The second-order valence-corrected chi connectivity index (χ2v) is 8.83. The highest BCUT2D eigenvalue weighted by molar-refractivity contribution is 5.93. The summed E-state index contributed by atoms with van der Waals surface area (Å²) in [5.41, 5.74) is 2.27. The van der Waals surface area contributed by atoms with E-state index < -0.39 is 0 Å². The van der Waals surface area contributed by atoms with Gasteiger partial charge in [0.1, 0.15) is 12.1 Å². The number of likely N-dealkylation sites (tertiary alicyclic amines) is 2. The van der Waals surface area contributed by atoms with Gasteiger partial charge in [-0.25, -0.2) is 14.8 Å². The number of H-pyrrole nitrogens is 1. The normalized spacial score (nSPS) is 18.6. The number of amides is 1. The van der Waals surface area contributed by atoms with Crippen molar-refractivity contribution in [3.05, 3.63) is 53.0 Å². The molecule has 174 valence electrons. The third-order valence-corrected chi connectivity index (χ3v) is 6.94. The van der Waals surface area contributed by atoms with Crippen LogP contribution >= 0.6 is 0 Å². The largest absolute Gasteiger partial charge is 0.494 e. The topological polar surface area (TPSA) is 96.4 Å². The number of hydrogen-bond donors (Lipinski definition) is 1. The maximum absolute atomic E-state index is 12.7. The third-order valence-electron chi connectivity index (χ3n) is 6.94. The van der Waals surface area contributed by atoms with Gasteiger partial charge in [0.25, 0.3) is 5.91 Å². The highest BCUT2D eigenvalue weighted by Gasteiger charge is 2.31. The zero-order valence-corrected chi connectivity index (χ0v) is 18.9. The summed E-state index contributed by atoms with van der Waals surface area (Å²) in [6, 6.07) is 6.49. The van der Waals surface area contributed by atoms with E-state index in [0.717, 1.165) is 68.6 Å². The summed E-state index contributed by atoms with van der Waals surface area (Å²) < 4.78 is 7.49. The summed E-state index contributed by atoms with van der Waals surface area (Å²) in [4.78, 5) is 40.7. The van der Waals surface area contributed by atoms with Crippen LogP contribution in [0, 0.1) is 0 Å². The Labute approximate surface area is 192 Å². The number of rotatable bonds is 5. The molecule has 4 heterocycles. The Morgan fingerprint density at radius 2 is 1.76 bits per heavy atom. The van der Waals surface area contributed by atoms with Gasteiger partial charge in [-0.3, -0.25) is 9.36 Å². The van der Waals surface area contributed by atoms with Crippen molar-refractivity contribution in [3.63, 3.8) is 0 Å². The van der Waals surface area contributed by atoms with Crippen LogP contribution in [-0.4, -0.2) is 74.1 Å². The van der Waals surface area contributed by atoms with Crippen LogP contribution in [0.3, 0.4) is 0 Å². The molecule has 0 spiro atoms. The molecular formula is C24H30N6O3. The maximum atomic E-state index is 12.7. The fourth-order valence-corrected chi connectivity index (χ4v) is 5.26. The number of aromatic amines is 1. The number of imidazole rings is 1. The average Bonchev–Trinajstić information content (AvgIpc) is 3.19. The predicted molar refractivity (Wildman–Crippen MR) is 125 cm³/mol. The molecule has 2 aliphatic heterocycles. The number of benzene rings is 1. The lowest BCUT2D eigenvalue weighted by Crippen LogP contribution is -2.49. The van der Waals surface area contributed by atoms with Gasteiger partial charge < -0.3 is 19.5 Å². The van der Waals surface area contributed by atoms with E-state index in [1.54, 1.807) is 12.4 Å². The smallest absolute Gasteiger partial charge is 0.326 e. The Hall–Kier alpha value is -3.20. The highest BCUT2D eigenvalue weighted by atomic mass is 16.5. The van der Waals surface area contributed by atoms with E-state index in [-0.39, 0.29) is 17.6 Å². The van der Waals surface area contributed by atoms with Crippen molar-refractivity contribution < 1.29 is 9.53 Å². The standard InChI is InChI=1S/C24H30N6O3/c1-2-33-20-3-4-22-21(13-20)27-24(32)30(22)19-7-9-28(10-8-19)18-5-11-29(12-6-18)23(31)17-14-25-16-26-15-17/h3-4,13-16,18-19H,2,5-12H2,1H3,(H,27,32). The van der Waals surface area contributed by atoms with E-state index >= 15 is 0 Å². The summed E-state index contributed by atoms with van der Waals surface area (Å²) in [5.74, 6) is 0.789. The molecule has 2 fully saturated rings. The molecular weight excluding hydrogens is 420 g/mol. The zero-order chi connectivity index (χ0) is 22.8. The van der Waals surface area contributed by atoms with Crippen molar-refractivity contribution in [2.75, 3.05) is 32.8 Å². The number of carbonyl (C=O) groups excluding carboxylic acids is 1. The molecule has 33 heavy (non-hydrogen) atoms. The average molecular weight is 451 g/mol. The van der Waals surface area contributed by atoms with E-state index in [2.05, 4.69) is 19.9 Å². The Morgan fingerprint density at radius 1 is 1.06 bits per heavy atom. The Bertz CT molecular complexity index is 1160. The molecule has 9 nitrogen and oxygen atoms in total. The maximum Gasteiger partial charge on any atom is 0.326 e.